The van der Waals surface area contributed by atoms with Gasteiger partial charge in [0.15, 0.2) is 0 Å². The molecule has 2 heteroatoms. The zero-order valence-corrected chi connectivity index (χ0v) is 11.9. The standard InChI is InChI=1S/C16H28N2/c1-12(2)16-10-17-15(13-8-9-13)11-18(16)14-6-4-3-5-7-14/h3-4,12-17H,5-11H2,1-2H3. The van der Waals surface area contributed by atoms with Crippen molar-refractivity contribution < 1.29 is 0 Å². The largest absolute Gasteiger partial charge is 0.311 e. The predicted molar refractivity (Wildman–Crippen MR) is 76.6 cm³/mol. The van der Waals surface area contributed by atoms with Crippen LogP contribution in [0.1, 0.15) is 46.0 Å². The smallest absolute Gasteiger partial charge is 0.0247 e. The summed E-state index contributed by atoms with van der Waals surface area (Å²) in [7, 11) is 0. The molecule has 1 aliphatic heterocycles. The third-order valence-corrected chi connectivity index (χ3v) is 5.09. The minimum Gasteiger partial charge on any atom is -0.311 e. The van der Waals surface area contributed by atoms with Crippen LogP contribution < -0.4 is 5.32 Å². The molecule has 0 bridgehead atoms. The summed E-state index contributed by atoms with van der Waals surface area (Å²) in [6.07, 6.45) is 11.6. The van der Waals surface area contributed by atoms with Crippen molar-refractivity contribution in [3.8, 4) is 0 Å². The van der Waals surface area contributed by atoms with Crippen molar-refractivity contribution in [3.05, 3.63) is 12.2 Å². The van der Waals surface area contributed by atoms with Gasteiger partial charge in [0.05, 0.1) is 0 Å². The van der Waals surface area contributed by atoms with E-state index in [4.69, 9.17) is 0 Å². The highest BCUT2D eigenvalue weighted by Gasteiger charge is 2.39. The lowest BCUT2D eigenvalue weighted by Gasteiger charge is -2.47. The van der Waals surface area contributed by atoms with E-state index in [9.17, 15) is 0 Å². The summed E-state index contributed by atoms with van der Waals surface area (Å²) in [6.45, 7) is 7.27. The lowest BCUT2D eigenvalue weighted by atomic mass is 9.91. The van der Waals surface area contributed by atoms with Crippen LogP contribution >= 0.6 is 0 Å². The van der Waals surface area contributed by atoms with E-state index >= 15 is 0 Å². The van der Waals surface area contributed by atoms with Gasteiger partial charge in [-0.05, 0) is 43.9 Å². The Bertz CT molecular complexity index is 306. The lowest BCUT2D eigenvalue weighted by Crippen LogP contribution is -2.61. The van der Waals surface area contributed by atoms with Crippen LogP contribution in [0.5, 0.6) is 0 Å². The number of hydrogen-bond acceptors (Lipinski definition) is 2. The van der Waals surface area contributed by atoms with Crippen LogP contribution in [0.15, 0.2) is 12.2 Å². The van der Waals surface area contributed by atoms with Gasteiger partial charge in [-0.2, -0.15) is 0 Å². The van der Waals surface area contributed by atoms with Gasteiger partial charge in [0.1, 0.15) is 0 Å². The van der Waals surface area contributed by atoms with E-state index in [2.05, 4.69) is 36.2 Å². The molecule has 0 aromatic rings. The molecular weight excluding hydrogens is 220 g/mol. The third-order valence-electron chi connectivity index (χ3n) is 5.09. The molecule has 1 saturated heterocycles. The van der Waals surface area contributed by atoms with E-state index in [1.165, 1.54) is 45.2 Å². The molecule has 0 radical (unpaired) electrons. The fourth-order valence-electron chi connectivity index (χ4n) is 3.75. The van der Waals surface area contributed by atoms with E-state index in [-0.39, 0.29) is 0 Å². The van der Waals surface area contributed by atoms with Gasteiger partial charge in [-0.1, -0.05) is 26.0 Å². The molecule has 0 aromatic carbocycles. The van der Waals surface area contributed by atoms with E-state index in [0.717, 1.165) is 30.0 Å². The summed E-state index contributed by atoms with van der Waals surface area (Å²) < 4.78 is 0. The average molecular weight is 248 g/mol. The van der Waals surface area contributed by atoms with Crippen LogP contribution in [-0.4, -0.2) is 36.1 Å². The van der Waals surface area contributed by atoms with Gasteiger partial charge in [-0.25, -0.2) is 0 Å². The van der Waals surface area contributed by atoms with Crippen molar-refractivity contribution in [1.82, 2.24) is 10.2 Å². The lowest BCUT2D eigenvalue weighted by molar-refractivity contribution is 0.0468. The minimum atomic E-state index is 0.747. The summed E-state index contributed by atoms with van der Waals surface area (Å²) in [5.74, 6) is 1.75. The summed E-state index contributed by atoms with van der Waals surface area (Å²) in [4.78, 5) is 2.85. The fourth-order valence-corrected chi connectivity index (χ4v) is 3.75. The number of piperazine rings is 1. The van der Waals surface area contributed by atoms with Crippen molar-refractivity contribution in [2.45, 2.75) is 64.1 Å². The molecule has 1 N–H and O–H groups in total. The maximum Gasteiger partial charge on any atom is 0.0247 e. The molecule has 3 atom stereocenters. The molecule has 3 unspecified atom stereocenters. The molecule has 2 nitrogen and oxygen atoms in total. The van der Waals surface area contributed by atoms with Crippen molar-refractivity contribution in [2.75, 3.05) is 13.1 Å². The minimum absolute atomic E-state index is 0.747. The summed E-state index contributed by atoms with van der Waals surface area (Å²) in [5.41, 5.74) is 0. The number of nitrogens with zero attached hydrogens (tertiary/aromatic N) is 1. The van der Waals surface area contributed by atoms with E-state index in [0.29, 0.717) is 0 Å². The Balaban J connectivity index is 1.69. The Labute approximate surface area is 112 Å². The molecule has 3 rings (SSSR count). The van der Waals surface area contributed by atoms with E-state index in [1.54, 1.807) is 0 Å². The Morgan fingerprint density at radius 1 is 1.17 bits per heavy atom. The second-order valence-corrected chi connectivity index (χ2v) is 6.80. The first-order chi connectivity index (χ1) is 8.75. The van der Waals surface area contributed by atoms with Gasteiger partial charge >= 0.3 is 0 Å². The van der Waals surface area contributed by atoms with Crippen LogP contribution in [0.2, 0.25) is 0 Å². The van der Waals surface area contributed by atoms with Crippen molar-refractivity contribution in [3.63, 3.8) is 0 Å². The van der Waals surface area contributed by atoms with Gasteiger partial charge < -0.3 is 5.32 Å². The molecule has 0 aromatic heterocycles. The van der Waals surface area contributed by atoms with Crippen LogP contribution in [0.3, 0.4) is 0 Å². The molecule has 1 saturated carbocycles. The monoisotopic (exact) mass is 248 g/mol. The molecule has 102 valence electrons. The second-order valence-electron chi connectivity index (χ2n) is 6.80. The first-order valence-corrected chi connectivity index (χ1v) is 7.90. The summed E-state index contributed by atoms with van der Waals surface area (Å²) in [5, 5.41) is 3.82. The Hall–Kier alpha value is -0.340. The van der Waals surface area contributed by atoms with Crippen LogP contribution in [0.4, 0.5) is 0 Å². The van der Waals surface area contributed by atoms with Gasteiger partial charge in [0, 0.05) is 31.2 Å². The Morgan fingerprint density at radius 3 is 2.61 bits per heavy atom. The maximum atomic E-state index is 3.82. The maximum absolute atomic E-state index is 3.82. The van der Waals surface area contributed by atoms with Crippen molar-refractivity contribution in [1.29, 1.82) is 0 Å². The van der Waals surface area contributed by atoms with Gasteiger partial charge in [0.2, 0.25) is 0 Å². The molecule has 2 fully saturated rings. The normalized spacial score (nSPS) is 38.3. The quantitative estimate of drug-likeness (QED) is 0.773. The van der Waals surface area contributed by atoms with Gasteiger partial charge in [0.25, 0.3) is 0 Å². The van der Waals surface area contributed by atoms with Crippen molar-refractivity contribution in [2.24, 2.45) is 11.8 Å². The van der Waals surface area contributed by atoms with E-state index in [1.807, 2.05) is 0 Å². The van der Waals surface area contributed by atoms with Gasteiger partial charge in [-0.3, -0.25) is 4.90 Å². The molecular formula is C16H28N2. The highest BCUT2D eigenvalue weighted by atomic mass is 15.3. The number of nitrogens with one attached hydrogen (secondary N) is 1. The molecule has 3 aliphatic rings. The molecule has 2 aliphatic carbocycles. The first kappa shape index (κ1) is 12.7. The van der Waals surface area contributed by atoms with Crippen LogP contribution in [0.25, 0.3) is 0 Å². The predicted octanol–water partition coefficient (Wildman–Crippen LogP) is 2.80. The highest BCUT2D eigenvalue weighted by Crippen LogP contribution is 2.36. The Morgan fingerprint density at radius 2 is 2.00 bits per heavy atom. The second kappa shape index (κ2) is 5.34. The fraction of sp³-hybridized carbons (Fsp3) is 0.875. The molecule has 1 heterocycles. The number of allylic oxidation sites excluding steroid dienone is 1. The summed E-state index contributed by atoms with van der Waals surface area (Å²) >= 11 is 0. The SMILES string of the molecule is CC(C)C1CNC(C2CC2)CN1C1CC=CCC1. The molecule has 0 spiro atoms. The molecule has 18 heavy (non-hydrogen) atoms. The zero-order valence-electron chi connectivity index (χ0n) is 11.9. The van der Waals surface area contributed by atoms with Crippen molar-refractivity contribution >= 4 is 0 Å². The molecule has 0 amide bonds. The third kappa shape index (κ3) is 2.65. The van der Waals surface area contributed by atoms with Gasteiger partial charge in [-0.15, -0.1) is 0 Å². The Kier molecular flexibility index (Phi) is 3.76. The number of hydrogen-bond donors (Lipinski definition) is 1. The number of rotatable bonds is 3. The average Bonchev–Trinajstić information content (AvgIpc) is 3.23. The van der Waals surface area contributed by atoms with Crippen LogP contribution in [-0.2, 0) is 0 Å². The van der Waals surface area contributed by atoms with Crippen LogP contribution in [0, 0.1) is 11.8 Å². The highest BCUT2D eigenvalue weighted by molar-refractivity contribution is 5.01. The first-order valence-electron chi connectivity index (χ1n) is 7.90. The topological polar surface area (TPSA) is 15.3 Å². The summed E-state index contributed by atoms with van der Waals surface area (Å²) in [6, 6.07) is 2.34. The zero-order chi connectivity index (χ0) is 12.5. The van der Waals surface area contributed by atoms with E-state index < -0.39 is 0 Å².